The van der Waals surface area contributed by atoms with E-state index in [0.29, 0.717) is 17.3 Å². The highest BCUT2D eigenvalue weighted by molar-refractivity contribution is 9.10. The summed E-state index contributed by atoms with van der Waals surface area (Å²) in [6.45, 7) is 1.95. The van der Waals surface area contributed by atoms with Crippen molar-refractivity contribution >= 4 is 27.5 Å². The van der Waals surface area contributed by atoms with E-state index in [9.17, 15) is 4.79 Å². The largest absolute Gasteiger partial charge is 0.397 e. The minimum absolute atomic E-state index is 0.0633. The summed E-state index contributed by atoms with van der Waals surface area (Å²) in [6, 6.07) is 4.08. The molecular weight excluding hydrogens is 268 g/mol. The van der Waals surface area contributed by atoms with Crippen molar-refractivity contribution in [2.24, 2.45) is 0 Å². The van der Waals surface area contributed by atoms with Crippen LogP contribution >= 0.6 is 15.9 Å². The van der Waals surface area contributed by atoms with E-state index in [0.717, 1.165) is 22.9 Å². The molecule has 16 heavy (non-hydrogen) atoms. The first-order valence-corrected chi connectivity index (χ1v) is 6.23. The van der Waals surface area contributed by atoms with E-state index in [-0.39, 0.29) is 5.91 Å². The second-order valence-corrected chi connectivity index (χ2v) is 5.16. The number of anilines is 1. The lowest BCUT2D eigenvalue weighted by Gasteiger charge is -2.26. The van der Waals surface area contributed by atoms with Gasteiger partial charge in [0.2, 0.25) is 0 Å². The molecule has 3 N–H and O–H groups in total. The molecular formula is C12H15BrN2O. The smallest absolute Gasteiger partial charge is 0.253 e. The Bertz CT molecular complexity index is 427. The molecule has 0 spiro atoms. The second-order valence-electron chi connectivity index (χ2n) is 4.31. The first-order chi connectivity index (χ1) is 7.58. The molecule has 1 aliphatic carbocycles. The van der Waals surface area contributed by atoms with Crippen LogP contribution < -0.4 is 11.1 Å². The maximum atomic E-state index is 12.0. The predicted octanol–water partition coefficient (Wildman–Crippen LogP) is 2.62. The van der Waals surface area contributed by atoms with E-state index in [4.69, 9.17) is 5.73 Å². The lowest BCUT2D eigenvalue weighted by Crippen LogP contribution is -2.39. The number of nitrogens with two attached hydrogens (primary N) is 1. The van der Waals surface area contributed by atoms with Crippen molar-refractivity contribution in [3.8, 4) is 0 Å². The molecule has 2 rings (SSSR count). The standard InChI is InChI=1S/C12H15BrN2O/c1-7-5-9(11(14)10(13)6-7)12(16)15-8-3-2-4-8/h5-6,8H,2-4,14H2,1H3,(H,15,16). The van der Waals surface area contributed by atoms with Crippen molar-refractivity contribution in [2.45, 2.75) is 32.2 Å². The number of amides is 1. The fourth-order valence-electron chi connectivity index (χ4n) is 1.76. The van der Waals surface area contributed by atoms with Crippen LogP contribution in [0.3, 0.4) is 0 Å². The van der Waals surface area contributed by atoms with Crippen LogP contribution in [0.1, 0.15) is 35.2 Å². The van der Waals surface area contributed by atoms with Crippen LogP contribution in [0.25, 0.3) is 0 Å². The third-order valence-electron chi connectivity index (χ3n) is 2.96. The Kier molecular flexibility index (Phi) is 3.19. The molecule has 1 aliphatic rings. The highest BCUT2D eigenvalue weighted by Crippen LogP contribution is 2.26. The van der Waals surface area contributed by atoms with Gasteiger partial charge in [0.1, 0.15) is 0 Å². The number of halogens is 1. The van der Waals surface area contributed by atoms with Gasteiger partial charge in [-0.05, 0) is 59.8 Å². The van der Waals surface area contributed by atoms with E-state index in [1.54, 1.807) is 0 Å². The van der Waals surface area contributed by atoms with E-state index >= 15 is 0 Å². The summed E-state index contributed by atoms with van der Waals surface area (Å²) in [5.74, 6) is -0.0633. The average molecular weight is 283 g/mol. The van der Waals surface area contributed by atoms with Crippen molar-refractivity contribution in [1.82, 2.24) is 5.32 Å². The monoisotopic (exact) mass is 282 g/mol. The van der Waals surface area contributed by atoms with E-state index in [1.807, 2.05) is 19.1 Å². The topological polar surface area (TPSA) is 55.1 Å². The number of rotatable bonds is 2. The molecule has 1 amide bonds. The summed E-state index contributed by atoms with van der Waals surface area (Å²) in [7, 11) is 0. The van der Waals surface area contributed by atoms with Crippen LogP contribution in [0.15, 0.2) is 16.6 Å². The quantitative estimate of drug-likeness (QED) is 0.820. The first-order valence-electron chi connectivity index (χ1n) is 5.44. The van der Waals surface area contributed by atoms with Crippen LogP contribution in [0.5, 0.6) is 0 Å². The third-order valence-corrected chi connectivity index (χ3v) is 3.61. The minimum Gasteiger partial charge on any atom is -0.397 e. The molecule has 4 heteroatoms. The molecule has 0 bridgehead atoms. The zero-order valence-electron chi connectivity index (χ0n) is 9.22. The molecule has 1 aromatic carbocycles. The van der Waals surface area contributed by atoms with Gasteiger partial charge in [-0.15, -0.1) is 0 Å². The summed E-state index contributed by atoms with van der Waals surface area (Å²) in [4.78, 5) is 12.0. The maximum absolute atomic E-state index is 12.0. The third kappa shape index (κ3) is 2.21. The number of carbonyl (C=O) groups is 1. The Balaban J connectivity index is 2.21. The minimum atomic E-state index is -0.0633. The molecule has 1 saturated carbocycles. The summed E-state index contributed by atoms with van der Waals surface area (Å²) >= 11 is 3.36. The van der Waals surface area contributed by atoms with Gasteiger partial charge in [-0.2, -0.15) is 0 Å². The van der Waals surface area contributed by atoms with Crippen LogP contribution in [0.2, 0.25) is 0 Å². The number of hydrogen-bond donors (Lipinski definition) is 2. The number of aryl methyl sites for hydroxylation is 1. The highest BCUT2D eigenvalue weighted by atomic mass is 79.9. The summed E-state index contributed by atoms with van der Waals surface area (Å²) < 4.78 is 0.784. The zero-order valence-corrected chi connectivity index (χ0v) is 10.8. The number of benzene rings is 1. The van der Waals surface area contributed by atoms with Crippen LogP contribution in [0.4, 0.5) is 5.69 Å². The van der Waals surface area contributed by atoms with Gasteiger partial charge in [-0.1, -0.05) is 0 Å². The van der Waals surface area contributed by atoms with Gasteiger partial charge in [0.25, 0.3) is 5.91 Å². The summed E-state index contributed by atoms with van der Waals surface area (Å²) in [6.07, 6.45) is 3.37. The molecule has 3 nitrogen and oxygen atoms in total. The maximum Gasteiger partial charge on any atom is 0.253 e. The van der Waals surface area contributed by atoms with Crippen LogP contribution in [-0.2, 0) is 0 Å². The van der Waals surface area contributed by atoms with Gasteiger partial charge in [0.15, 0.2) is 0 Å². The molecule has 0 unspecified atom stereocenters. The van der Waals surface area contributed by atoms with Crippen molar-refractivity contribution in [3.63, 3.8) is 0 Å². The SMILES string of the molecule is Cc1cc(Br)c(N)c(C(=O)NC2CCC2)c1. The van der Waals surface area contributed by atoms with Crippen LogP contribution in [0, 0.1) is 6.92 Å². The van der Waals surface area contributed by atoms with Crippen molar-refractivity contribution in [3.05, 3.63) is 27.7 Å². The molecule has 1 aromatic rings. The Morgan fingerprint density at radius 3 is 2.75 bits per heavy atom. The Morgan fingerprint density at radius 2 is 2.19 bits per heavy atom. The molecule has 0 aliphatic heterocycles. The lowest BCUT2D eigenvalue weighted by molar-refractivity contribution is 0.0918. The Labute approximate surface area is 104 Å². The van der Waals surface area contributed by atoms with Gasteiger partial charge < -0.3 is 11.1 Å². The molecule has 86 valence electrons. The lowest BCUT2D eigenvalue weighted by atomic mass is 9.93. The summed E-state index contributed by atoms with van der Waals surface area (Å²) in [5, 5.41) is 2.99. The van der Waals surface area contributed by atoms with Gasteiger partial charge in [0, 0.05) is 10.5 Å². The van der Waals surface area contributed by atoms with Gasteiger partial charge >= 0.3 is 0 Å². The number of carbonyl (C=O) groups excluding carboxylic acids is 1. The van der Waals surface area contributed by atoms with E-state index < -0.39 is 0 Å². The first kappa shape index (κ1) is 11.5. The van der Waals surface area contributed by atoms with E-state index in [1.165, 1.54) is 6.42 Å². The van der Waals surface area contributed by atoms with Gasteiger partial charge in [0.05, 0.1) is 11.3 Å². The average Bonchev–Trinajstić information content (AvgIpc) is 2.17. The molecule has 0 atom stereocenters. The van der Waals surface area contributed by atoms with Gasteiger partial charge in [-0.25, -0.2) is 0 Å². The Hall–Kier alpha value is -1.03. The normalized spacial score (nSPS) is 15.6. The van der Waals surface area contributed by atoms with Crippen molar-refractivity contribution < 1.29 is 4.79 Å². The number of nitrogen functional groups attached to an aromatic ring is 1. The fourth-order valence-corrected chi connectivity index (χ4v) is 2.33. The van der Waals surface area contributed by atoms with Crippen molar-refractivity contribution in [2.75, 3.05) is 5.73 Å². The highest BCUT2D eigenvalue weighted by Gasteiger charge is 2.21. The Morgan fingerprint density at radius 1 is 1.50 bits per heavy atom. The predicted molar refractivity (Wildman–Crippen MR) is 68.4 cm³/mol. The fraction of sp³-hybridized carbons (Fsp3) is 0.417. The van der Waals surface area contributed by atoms with Crippen LogP contribution in [-0.4, -0.2) is 11.9 Å². The van der Waals surface area contributed by atoms with Gasteiger partial charge in [-0.3, -0.25) is 4.79 Å². The molecule has 1 fully saturated rings. The number of hydrogen-bond acceptors (Lipinski definition) is 2. The molecule has 0 saturated heterocycles. The van der Waals surface area contributed by atoms with Crippen molar-refractivity contribution in [1.29, 1.82) is 0 Å². The molecule has 0 aromatic heterocycles. The molecule has 0 radical (unpaired) electrons. The molecule has 0 heterocycles. The summed E-state index contributed by atoms with van der Waals surface area (Å²) in [5.41, 5.74) is 7.99. The zero-order chi connectivity index (χ0) is 11.7. The van der Waals surface area contributed by atoms with E-state index in [2.05, 4.69) is 21.2 Å². The second kappa shape index (κ2) is 4.45. The number of nitrogens with one attached hydrogen (secondary N) is 1.